The third-order valence-electron chi connectivity index (χ3n) is 2.21. The first-order valence-electron chi connectivity index (χ1n) is 4.86. The molecule has 0 heterocycles. The van der Waals surface area contributed by atoms with Gasteiger partial charge in [-0.05, 0) is 25.0 Å². The molecule has 0 atom stereocenters. The number of benzene rings is 1. The number of nitrogens with zero attached hydrogens (tertiary/aromatic N) is 1. The van der Waals surface area contributed by atoms with Crippen molar-refractivity contribution in [3.05, 3.63) is 29.8 Å². The van der Waals surface area contributed by atoms with Crippen LogP contribution in [0.2, 0.25) is 0 Å². The van der Waals surface area contributed by atoms with Gasteiger partial charge in [-0.1, -0.05) is 12.1 Å². The number of nitriles is 1. The summed E-state index contributed by atoms with van der Waals surface area (Å²) in [5.74, 6) is 0. The van der Waals surface area contributed by atoms with Crippen LogP contribution in [-0.2, 0) is 0 Å². The zero-order valence-corrected chi connectivity index (χ0v) is 8.16. The minimum absolute atomic E-state index is 0.236. The van der Waals surface area contributed by atoms with Crippen LogP contribution in [0.1, 0.15) is 18.4 Å². The van der Waals surface area contributed by atoms with Crippen molar-refractivity contribution < 1.29 is 4.79 Å². The summed E-state index contributed by atoms with van der Waals surface area (Å²) in [6, 6.07) is 9.05. The van der Waals surface area contributed by atoms with Crippen molar-refractivity contribution in [3.63, 3.8) is 0 Å². The molecule has 4 nitrogen and oxygen atoms in total. The van der Waals surface area contributed by atoms with Crippen LogP contribution in [0.25, 0.3) is 0 Å². The molecule has 0 aliphatic heterocycles. The van der Waals surface area contributed by atoms with Crippen LogP contribution in [0.5, 0.6) is 0 Å². The number of carbonyl (C=O) groups is 1. The van der Waals surface area contributed by atoms with Gasteiger partial charge in [0.15, 0.2) is 0 Å². The number of anilines is 1. The number of para-hydroxylation sites is 1. The van der Waals surface area contributed by atoms with Gasteiger partial charge in [-0.15, -0.1) is 0 Å². The summed E-state index contributed by atoms with van der Waals surface area (Å²) in [7, 11) is 0. The van der Waals surface area contributed by atoms with E-state index in [2.05, 4.69) is 10.6 Å². The highest BCUT2D eigenvalue weighted by Crippen LogP contribution is 2.19. The first kappa shape index (κ1) is 9.53. The zero-order chi connectivity index (χ0) is 10.7. The second-order valence-corrected chi connectivity index (χ2v) is 3.53. The van der Waals surface area contributed by atoms with Crippen molar-refractivity contribution in [3.8, 4) is 6.07 Å². The molecule has 4 heteroatoms. The van der Waals surface area contributed by atoms with E-state index in [1.807, 2.05) is 6.07 Å². The molecule has 0 aromatic heterocycles. The van der Waals surface area contributed by atoms with Crippen molar-refractivity contribution in [1.82, 2.24) is 5.32 Å². The standard InChI is InChI=1S/C11H11N3O/c12-7-8-3-1-2-4-10(8)14-11(15)13-9-5-6-9/h1-4,9H,5-6H2,(H2,13,14,15). The van der Waals surface area contributed by atoms with E-state index in [1.54, 1.807) is 24.3 Å². The molecule has 1 aromatic carbocycles. The molecular formula is C11H11N3O. The Morgan fingerprint density at radius 3 is 2.80 bits per heavy atom. The smallest absolute Gasteiger partial charge is 0.319 e. The number of nitrogens with one attached hydrogen (secondary N) is 2. The van der Waals surface area contributed by atoms with Crippen LogP contribution in [0.3, 0.4) is 0 Å². The number of carbonyl (C=O) groups excluding carboxylic acids is 1. The fourth-order valence-corrected chi connectivity index (χ4v) is 1.26. The SMILES string of the molecule is N#Cc1ccccc1NC(=O)NC1CC1. The number of hydrogen-bond acceptors (Lipinski definition) is 2. The molecule has 1 aliphatic carbocycles. The highest BCUT2D eigenvalue weighted by molar-refractivity contribution is 5.91. The number of rotatable bonds is 2. The molecule has 0 saturated heterocycles. The molecule has 0 spiro atoms. The molecule has 1 saturated carbocycles. The maximum absolute atomic E-state index is 11.4. The molecular weight excluding hydrogens is 190 g/mol. The summed E-state index contributed by atoms with van der Waals surface area (Å²) in [6.07, 6.45) is 2.10. The van der Waals surface area contributed by atoms with Crippen molar-refractivity contribution in [2.75, 3.05) is 5.32 Å². The Kier molecular flexibility index (Phi) is 2.55. The van der Waals surface area contributed by atoms with Gasteiger partial charge in [0.2, 0.25) is 0 Å². The number of hydrogen-bond donors (Lipinski definition) is 2. The van der Waals surface area contributed by atoms with Gasteiger partial charge in [-0.2, -0.15) is 5.26 Å². The van der Waals surface area contributed by atoms with Crippen LogP contribution in [-0.4, -0.2) is 12.1 Å². The molecule has 1 fully saturated rings. The van der Waals surface area contributed by atoms with Crippen molar-refractivity contribution >= 4 is 11.7 Å². The molecule has 2 N–H and O–H groups in total. The maximum atomic E-state index is 11.4. The van der Waals surface area contributed by atoms with E-state index in [1.165, 1.54) is 0 Å². The van der Waals surface area contributed by atoms with Crippen LogP contribution in [0, 0.1) is 11.3 Å². The Morgan fingerprint density at radius 2 is 2.13 bits per heavy atom. The van der Waals surface area contributed by atoms with E-state index in [0.29, 0.717) is 17.3 Å². The van der Waals surface area contributed by atoms with E-state index in [4.69, 9.17) is 5.26 Å². The van der Waals surface area contributed by atoms with Gasteiger partial charge < -0.3 is 10.6 Å². The normalized spacial score (nSPS) is 14.1. The maximum Gasteiger partial charge on any atom is 0.319 e. The average Bonchev–Trinajstić information content (AvgIpc) is 3.02. The summed E-state index contributed by atoms with van der Waals surface area (Å²) in [5.41, 5.74) is 1.03. The number of amides is 2. The molecule has 2 amide bonds. The highest BCUT2D eigenvalue weighted by atomic mass is 16.2. The van der Waals surface area contributed by atoms with E-state index in [0.717, 1.165) is 12.8 Å². The molecule has 1 aliphatic rings. The summed E-state index contributed by atoms with van der Waals surface area (Å²) < 4.78 is 0. The third kappa shape index (κ3) is 2.47. The minimum Gasteiger partial charge on any atom is -0.335 e. The predicted octanol–water partition coefficient (Wildman–Crippen LogP) is 1.84. The Morgan fingerprint density at radius 1 is 1.40 bits per heavy atom. The van der Waals surface area contributed by atoms with Gasteiger partial charge >= 0.3 is 6.03 Å². The van der Waals surface area contributed by atoms with Gasteiger partial charge in [-0.25, -0.2) is 4.79 Å². The predicted molar refractivity (Wildman–Crippen MR) is 56.3 cm³/mol. The topological polar surface area (TPSA) is 64.9 Å². The summed E-state index contributed by atoms with van der Waals surface area (Å²) >= 11 is 0. The van der Waals surface area contributed by atoms with Gasteiger partial charge in [0.05, 0.1) is 11.3 Å². The summed E-state index contributed by atoms with van der Waals surface area (Å²) in [6.45, 7) is 0. The fourth-order valence-electron chi connectivity index (χ4n) is 1.26. The van der Waals surface area contributed by atoms with Crippen LogP contribution < -0.4 is 10.6 Å². The largest absolute Gasteiger partial charge is 0.335 e. The van der Waals surface area contributed by atoms with Crippen LogP contribution in [0.4, 0.5) is 10.5 Å². The fraction of sp³-hybridized carbons (Fsp3) is 0.273. The molecule has 76 valence electrons. The second kappa shape index (κ2) is 4.01. The molecule has 2 rings (SSSR count). The lowest BCUT2D eigenvalue weighted by atomic mass is 10.2. The van der Waals surface area contributed by atoms with E-state index in [-0.39, 0.29) is 6.03 Å². The average molecular weight is 201 g/mol. The van der Waals surface area contributed by atoms with Crippen molar-refractivity contribution in [1.29, 1.82) is 5.26 Å². The molecule has 1 aromatic rings. The molecule has 15 heavy (non-hydrogen) atoms. The van der Waals surface area contributed by atoms with Crippen LogP contribution >= 0.6 is 0 Å². The van der Waals surface area contributed by atoms with Gasteiger partial charge in [0, 0.05) is 6.04 Å². The van der Waals surface area contributed by atoms with Gasteiger partial charge in [-0.3, -0.25) is 0 Å². The lowest BCUT2D eigenvalue weighted by Crippen LogP contribution is -2.30. The van der Waals surface area contributed by atoms with Crippen molar-refractivity contribution in [2.45, 2.75) is 18.9 Å². The Bertz CT molecular complexity index is 418. The first-order valence-corrected chi connectivity index (χ1v) is 4.86. The molecule has 0 bridgehead atoms. The molecule has 0 radical (unpaired) electrons. The van der Waals surface area contributed by atoms with Gasteiger partial charge in [0.1, 0.15) is 6.07 Å². The third-order valence-corrected chi connectivity index (χ3v) is 2.21. The summed E-state index contributed by atoms with van der Waals surface area (Å²) in [4.78, 5) is 11.4. The lowest BCUT2D eigenvalue weighted by molar-refractivity contribution is 0.251. The monoisotopic (exact) mass is 201 g/mol. The van der Waals surface area contributed by atoms with Gasteiger partial charge in [0.25, 0.3) is 0 Å². The van der Waals surface area contributed by atoms with E-state index < -0.39 is 0 Å². The quantitative estimate of drug-likeness (QED) is 0.766. The minimum atomic E-state index is -0.236. The van der Waals surface area contributed by atoms with E-state index >= 15 is 0 Å². The zero-order valence-electron chi connectivity index (χ0n) is 8.16. The highest BCUT2D eigenvalue weighted by Gasteiger charge is 2.23. The Balaban J connectivity index is 2.02. The van der Waals surface area contributed by atoms with Crippen molar-refractivity contribution in [2.24, 2.45) is 0 Å². The Labute approximate surface area is 87.9 Å². The first-order chi connectivity index (χ1) is 7.29. The summed E-state index contributed by atoms with van der Waals surface area (Å²) in [5, 5.41) is 14.3. The number of urea groups is 1. The lowest BCUT2D eigenvalue weighted by Gasteiger charge is -2.07. The van der Waals surface area contributed by atoms with E-state index in [9.17, 15) is 4.79 Å². The van der Waals surface area contributed by atoms with Crippen LogP contribution in [0.15, 0.2) is 24.3 Å². The molecule has 0 unspecified atom stereocenters. The second-order valence-electron chi connectivity index (χ2n) is 3.53. The Hall–Kier alpha value is -2.02.